The van der Waals surface area contributed by atoms with Gasteiger partial charge in [0, 0.05) is 18.4 Å². The molecular formula is C15H17N5O2. The lowest BCUT2D eigenvalue weighted by Gasteiger charge is -2.13. The summed E-state index contributed by atoms with van der Waals surface area (Å²) in [6, 6.07) is 5.61. The topological polar surface area (TPSA) is 76.5 Å². The van der Waals surface area contributed by atoms with Crippen molar-refractivity contribution in [3.05, 3.63) is 46.9 Å². The second-order valence-electron chi connectivity index (χ2n) is 5.36. The van der Waals surface area contributed by atoms with E-state index in [1.807, 2.05) is 39.0 Å². The van der Waals surface area contributed by atoms with E-state index >= 15 is 0 Å². The van der Waals surface area contributed by atoms with Crippen LogP contribution in [0.1, 0.15) is 33.5 Å². The number of aryl methyl sites for hydroxylation is 3. The molecule has 3 aromatic heterocycles. The normalized spacial score (nSPS) is 11.1. The first-order chi connectivity index (χ1) is 10.4. The van der Waals surface area contributed by atoms with Gasteiger partial charge in [-0.05, 0) is 39.0 Å². The minimum atomic E-state index is -0.267. The highest BCUT2D eigenvalue weighted by molar-refractivity contribution is 5.90. The molecule has 0 N–H and O–H groups in total. The van der Waals surface area contributed by atoms with E-state index < -0.39 is 0 Å². The Balaban J connectivity index is 1.86. The van der Waals surface area contributed by atoms with Crippen LogP contribution in [0.25, 0.3) is 5.78 Å². The summed E-state index contributed by atoms with van der Waals surface area (Å²) < 4.78 is 7.06. The number of carbonyl (C=O) groups excluding carboxylic acids is 1. The van der Waals surface area contributed by atoms with Crippen molar-refractivity contribution in [1.29, 1.82) is 0 Å². The molecule has 1 amide bonds. The van der Waals surface area contributed by atoms with Gasteiger partial charge >= 0.3 is 0 Å². The number of aromatic nitrogens is 4. The third-order valence-electron chi connectivity index (χ3n) is 3.35. The molecule has 0 saturated carbocycles. The zero-order chi connectivity index (χ0) is 15.9. The minimum Gasteiger partial charge on any atom is -0.464 e. The molecule has 7 nitrogen and oxygen atoms in total. The first-order valence-corrected chi connectivity index (χ1v) is 6.96. The molecule has 0 fully saturated rings. The molecular weight excluding hydrogens is 282 g/mol. The first kappa shape index (κ1) is 14.2. The van der Waals surface area contributed by atoms with Gasteiger partial charge in [-0.15, -0.1) is 5.10 Å². The quantitative estimate of drug-likeness (QED) is 0.738. The largest absolute Gasteiger partial charge is 0.464 e. The Morgan fingerprint density at radius 3 is 2.73 bits per heavy atom. The second-order valence-corrected chi connectivity index (χ2v) is 5.36. The van der Waals surface area contributed by atoms with E-state index in [9.17, 15) is 4.79 Å². The van der Waals surface area contributed by atoms with Crippen molar-refractivity contribution in [2.45, 2.75) is 27.3 Å². The van der Waals surface area contributed by atoms with Crippen LogP contribution in [0.2, 0.25) is 0 Å². The second kappa shape index (κ2) is 5.25. The number of nitrogens with zero attached hydrogens (tertiary/aromatic N) is 5. The fourth-order valence-electron chi connectivity index (χ4n) is 2.30. The van der Waals surface area contributed by atoms with Gasteiger partial charge in [0.25, 0.3) is 11.7 Å². The van der Waals surface area contributed by atoms with Gasteiger partial charge in [0.2, 0.25) is 5.82 Å². The van der Waals surface area contributed by atoms with Crippen LogP contribution in [0.4, 0.5) is 0 Å². The Morgan fingerprint density at radius 1 is 1.27 bits per heavy atom. The smallest absolute Gasteiger partial charge is 0.293 e. The molecule has 22 heavy (non-hydrogen) atoms. The Bertz CT molecular complexity index is 849. The van der Waals surface area contributed by atoms with Crippen molar-refractivity contribution < 1.29 is 9.21 Å². The summed E-state index contributed by atoms with van der Waals surface area (Å²) in [6.07, 6.45) is 0. The third-order valence-corrected chi connectivity index (χ3v) is 3.35. The van der Waals surface area contributed by atoms with Crippen molar-refractivity contribution in [3.63, 3.8) is 0 Å². The van der Waals surface area contributed by atoms with E-state index in [1.165, 1.54) is 4.90 Å². The molecule has 0 spiro atoms. The number of amides is 1. The van der Waals surface area contributed by atoms with Gasteiger partial charge in [-0.1, -0.05) is 0 Å². The van der Waals surface area contributed by atoms with E-state index in [0.717, 1.165) is 22.9 Å². The predicted molar refractivity (Wildman–Crippen MR) is 79.5 cm³/mol. The molecule has 114 valence electrons. The Morgan fingerprint density at radius 2 is 2.05 bits per heavy atom. The van der Waals surface area contributed by atoms with Gasteiger partial charge in [-0.2, -0.15) is 4.98 Å². The Hall–Kier alpha value is -2.70. The summed E-state index contributed by atoms with van der Waals surface area (Å²) in [5, 5.41) is 4.24. The average Bonchev–Trinajstić information content (AvgIpc) is 3.04. The molecule has 0 bridgehead atoms. The molecule has 0 radical (unpaired) electrons. The Kier molecular flexibility index (Phi) is 3.40. The number of hydrogen-bond acceptors (Lipinski definition) is 5. The summed E-state index contributed by atoms with van der Waals surface area (Å²) in [5.74, 6) is 1.84. The molecule has 0 aliphatic heterocycles. The van der Waals surface area contributed by atoms with Crippen molar-refractivity contribution in [2.75, 3.05) is 7.05 Å². The summed E-state index contributed by atoms with van der Waals surface area (Å²) in [4.78, 5) is 22.5. The SMILES string of the molecule is Cc1cc(C)n2nc(C(=O)N(C)Cc3ccc(C)o3)nc2n1. The zero-order valence-electron chi connectivity index (χ0n) is 13.0. The summed E-state index contributed by atoms with van der Waals surface area (Å²) in [6.45, 7) is 6.02. The lowest BCUT2D eigenvalue weighted by atomic mass is 10.4. The molecule has 0 unspecified atom stereocenters. The van der Waals surface area contributed by atoms with Crippen LogP contribution in [0.15, 0.2) is 22.6 Å². The number of fused-ring (bicyclic) bond motifs is 1. The van der Waals surface area contributed by atoms with Gasteiger partial charge < -0.3 is 9.32 Å². The van der Waals surface area contributed by atoms with E-state index in [1.54, 1.807) is 11.6 Å². The molecule has 0 atom stereocenters. The van der Waals surface area contributed by atoms with E-state index in [2.05, 4.69) is 15.1 Å². The van der Waals surface area contributed by atoms with Crippen LogP contribution in [0.3, 0.4) is 0 Å². The van der Waals surface area contributed by atoms with Crippen molar-refractivity contribution >= 4 is 11.7 Å². The number of carbonyl (C=O) groups is 1. The third kappa shape index (κ3) is 2.57. The summed E-state index contributed by atoms with van der Waals surface area (Å²) in [7, 11) is 1.69. The van der Waals surface area contributed by atoms with Crippen LogP contribution < -0.4 is 0 Å². The fourth-order valence-corrected chi connectivity index (χ4v) is 2.30. The average molecular weight is 299 g/mol. The molecule has 3 aromatic rings. The maximum Gasteiger partial charge on any atom is 0.293 e. The van der Waals surface area contributed by atoms with Crippen LogP contribution in [-0.2, 0) is 6.54 Å². The zero-order valence-corrected chi connectivity index (χ0v) is 13.0. The summed E-state index contributed by atoms with van der Waals surface area (Å²) in [5.41, 5.74) is 1.73. The standard InChI is InChI=1S/C15H17N5O2/c1-9-7-10(2)20-15(16-9)17-13(18-20)14(21)19(4)8-12-6-5-11(3)22-12/h5-7H,8H2,1-4H3. The lowest BCUT2D eigenvalue weighted by Crippen LogP contribution is -2.27. The minimum absolute atomic E-state index is 0.131. The van der Waals surface area contributed by atoms with Crippen LogP contribution in [-0.4, -0.2) is 37.4 Å². The molecule has 0 aliphatic carbocycles. The molecule has 0 aliphatic rings. The van der Waals surface area contributed by atoms with Gasteiger partial charge in [0.05, 0.1) is 6.54 Å². The monoisotopic (exact) mass is 299 g/mol. The van der Waals surface area contributed by atoms with E-state index in [0.29, 0.717) is 12.3 Å². The van der Waals surface area contributed by atoms with Crippen LogP contribution in [0.5, 0.6) is 0 Å². The van der Waals surface area contributed by atoms with Crippen molar-refractivity contribution in [2.24, 2.45) is 0 Å². The van der Waals surface area contributed by atoms with Gasteiger partial charge in [-0.25, -0.2) is 9.50 Å². The highest BCUT2D eigenvalue weighted by Crippen LogP contribution is 2.11. The molecule has 3 rings (SSSR count). The van der Waals surface area contributed by atoms with E-state index in [-0.39, 0.29) is 11.7 Å². The summed E-state index contributed by atoms with van der Waals surface area (Å²) >= 11 is 0. The maximum atomic E-state index is 12.4. The lowest BCUT2D eigenvalue weighted by molar-refractivity contribution is 0.0763. The fraction of sp³-hybridized carbons (Fsp3) is 0.333. The van der Waals surface area contributed by atoms with Gasteiger partial charge in [0.1, 0.15) is 11.5 Å². The maximum absolute atomic E-state index is 12.4. The van der Waals surface area contributed by atoms with Crippen molar-refractivity contribution in [1.82, 2.24) is 24.5 Å². The van der Waals surface area contributed by atoms with E-state index in [4.69, 9.17) is 4.42 Å². The predicted octanol–water partition coefficient (Wildman–Crippen LogP) is 1.91. The van der Waals surface area contributed by atoms with Crippen LogP contribution in [0, 0.1) is 20.8 Å². The van der Waals surface area contributed by atoms with Crippen LogP contribution >= 0.6 is 0 Å². The Labute approximate surface area is 127 Å². The van der Waals surface area contributed by atoms with Gasteiger partial charge in [0.15, 0.2) is 0 Å². The number of rotatable bonds is 3. The molecule has 0 saturated heterocycles. The number of furan rings is 1. The highest BCUT2D eigenvalue weighted by atomic mass is 16.3. The molecule has 7 heteroatoms. The number of hydrogen-bond donors (Lipinski definition) is 0. The van der Waals surface area contributed by atoms with Gasteiger partial charge in [-0.3, -0.25) is 4.79 Å². The highest BCUT2D eigenvalue weighted by Gasteiger charge is 2.19. The molecule has 3 heterocycles. The van der Waals surface area contributed by atoms with Crippen molar-refractivity contribution in [3.8, 4) is 0 Å². The first-order valence-electron chi connectivity index (χ1n) is 6.96. The molecule has 0 aromatic carbocycles.